The molecule has 25 heavy (non-hydrogen) atoms. The number of ether oxygens (including phenoxy) is 4. The van der Waals surface area contributed by atoms with Crippen molar-refractivity contribution in [2.45, 2.75) is 25.2 Å². The third kappa shape index (κ3) is 3.54. The van der Waals surface area contributed by atoms with Gasteiger partial charge in [0, 0.05) is 18.9 Å². The molecule has 1 saturated heterocycles. The zero-order valence-corrected chi connectivity index (χ0v) is 15.1. The van der Waals surface area contributed by atoms with E-state index < -0.39 is 5.79 Å². The summed E-state index contributed by atoms with van der Waals surface area (Å²) in [6.45, 7) is 3.95. The Morgan fingerprint density at radius 3 is 2.88 bits per heavy atom. The van der Waals surface area contributed by atoms with E-state index in [9.17, 15) is 0 Å². The minimum atomic E-state index is -0.539. The number of nitrogens with zero attached hydrogens (tertiary/aromatic N) is 1. The number of methoxy groups -OCH3 is 1. The molecule has 3 aliphatic rings. The zero-order valence-electron chi connectivity index (χ0n) is 15.1. The van der Waals surface area contributed by atoms with Gasteiger partial charge in [0.15, 0.2) is 17.3 Å². The van der Waals surface area contributed by atoms with E-state index in [2.05, 4.69) is 36.2 Å². The third-order valence-corrected chi connectivity index (χ3v) is 5.50. The van der Waals surface area contributed by atoms with E-state index in [1.54, 1.807) is 7.11 Å². The Morgan fingerprint density at radius 2 is 2.08 bits per heavy atom. The van der Waals surface area contributed by atoms with Gasteiger partial charge in [-0.25, -0.2) is 0 Å². The average molecular weight is 345 g/mol. The first-order valence-corrected chi connectivity index (χ1v) is 9.13. The summed E-state index contributed by atoms with van der Waals surface area (Å²) in [6.07, 6.45) is 6.37. The first kappa shape index (κ1) is 16.9. The quantitative estimate of drug-likeness (QED) is 0.732. The lowest BCUT2D eigenvalue weighted by Gasteiger charge is -2.37. The van der Waals surface area contributed by atoms with Crippen LogP contribution >= 0.6 is 0 Å². The van der Waals surface area contributed by atoms with Crippen molar-refractivity contribution in [3.63, 3.8) is 0 Å². The molecule has 1 spiro atoms. The molecule has 0 amide bonds. The van der Waals surface area contributed by atoms with Crippen molar-refractivity contribution in [1.82, 2.24) is 4.90 Å². The van der Waals surface area contributed by atoms with Crippen LogP contribution in [0.5, 0.6) is 11.5 Å². The maximum absolute atomic E-state index is 6.22. The molecule has 136 valence electrons. The second-order valence-electron chi connectivity index (χ2n) is 7.32. The Balaban J connectivity index is 1.60. The molecule has 5 nitrogen and oxygen atoms in total. The van der Waals surface area contributed by atoms with Gasteiger partial charge in [-0.3, -0.25) is 0 Å². The maximum Gasteiger partial charge on any atom is 0.188 e. The highest BCUT2D eigenvalue weighted by Gasteiger charge is 2.42. The summed E-state index contributed by atoms with van der Waals surface area (Å²) >= 11 is 0. The summed E-state index contributed by atoms with van der Waals surface area (Å²) in [5.74, 6) is 1.91. The van der Waals surface area contributed by atoms with Gasteiger partial charge >= 0.3 is 0 Å². The molecule has 1 aromatic carbocycles. The molecular weight excluding hydrogens is 318 g/mol. The fourth-order valence-electron chi connectivity index (χ4n) is 4.10. The van der Waals surface area contributed by atoms with E-state index in [0.29, 0.717) is 31.7 Å². The molecule has 0 aromatic heterocycles. The van der Waals surface area contributed by atoms with Crippen LogP contribution in [0.15, 0.2) is 30.4 Å². The van der Waals surface area contributed by atoms with E-state index in [4.69, 9.17) is 18.9 Å². The number of allylic oxidation sites excluding steroid dienone is 1. The first-order valence-electron chi connectivity index (χ1n) is 9.13. The highest BCUT2D eigenvalue weighted by atomic mass is 16.7. The van der Waals surface area contributed by atoms with Crippen LogP contribution in [-0.2, 0) is 16.0 Å². The van der Waals surface area contributed by atoms with Crippen LogP contribution in [0.3, 0.4) is 0 Å². The van der Waals surface area contributed by atoms with Gasteiger partial charge < -0.3 is 23.8 Å². The van der Waals surface area contributed by atoms with Gasteiger partial charge in [-0.2, -0.15) is 0 Å². The van der Waals surface area contributed by atoms with Gasteiger partial charge in [0.2, 0.25) is 0 Å². The normalized spacial score (nSPS) is 28.9. The fourth-order valence-corrected chi connectivity index (χ4v) is 4.10. The smallest absolute Gasteiger partial charge is 0.188 e. The monoisotopic (exact) mass is 345 g/mol. The van der Waals surface area contributed by atoms with Crippen molar-refractivity contribution in [3.05, 3.63) is 35.9 Å². The molecule has 2 bridgehead atoms. The van der Waals surface area contributed by atoms with Crippen molar-refractivity contribution in [1.29, 1.82) is 0 Å². The van der Waals surface area contributed by atoms with Gasteiger partial charge in [0.25, 0.3) is 0 Å². The maximum atomic E-state index is 6.22. The van der Waals surface area contributed by atoms with E-state index in [1.165, 1.54) is 5.56 Å². The summed E-state index contributed by atoms with van der Waals surface area (Å²) in [5.41, 5.74) is 1.25. The van der Waals surface area contributed by atoms with Crippen molar-refractivity contribution in [2.75, 3.05) is 40.5 Å². The van der Waals surface area contributed by atoms with Gasteiger partial charge in [-0.15, -0.1) is 0 Å². The van der Waals surface area contributed by atoms with Gasteiger partial charge in [0.1, 0.15) is 0 Å². The van der Waals surface area contributed by atoms with Crippen LogP contribution in [0.2, 0.25) is 0 Å². The van der Waals surface area contributed by atoms with Crippen LogP contribution in [0.1, 0.15) is 18.4 Å². The SMILES string of the molecule is COc1ccc2cc1OCC1CC3(C=C[C@@H]1CCN(C)C2)OCCO3. The van der Waals surface area contributed by atoms with Crippen molar-refractivity contribution >= 4 is 0 Å². The van der Waals surface area contributed by atoms with Crippen molar-refractivity contribution in [3.8, 4) is 11.5 Å². The minimum Gasteiger partial charge on any atom is -0.493 e. The van der Waals surface area contributed by atoms with Crippen LogP contribution in [-0.4, -0.2) is 51.2 Å². The molecule has 2 heterocycles. The summed E-state index contributed by atoms with van der Waals surface area (Å²) in [4.78, 5) is 2.37. The van der Waals surface area contributed by atoms with E-state index >= 15 is 0 Å². The Labute approximate surface area is 149 Å². The van der Waals surface area contributed by atoms with Crippen LogP contribution in [0, 0.1) is 11.8 Å². The summed E-state index contributed by atoms with van der Waals surface area (Å²) in [6, 6.07) is 6.22. The standard InChI is InChI=1S/C20H27NO4/c1-21-8-6-16-5-7-20(24-9-10-25-20)12-17(16)14-23-19-11-15(13-21)3-4-18(19)22-2/h3-5,7,11,16-17H,6,8-10,12-14H2,1-2H3/t16-,17?/m1/s1. The second-order valence-corrected chi connectivity index (χ2v) is 7.32. The number of rotatable bonds is 1. The topological polar surface area (TPSA) is 40.2 Å². The van der Waals surface area contributed by atoms with Gasteiger partial charge in [-0.1, -0.05) is 12.1 Å². The Morgan fingerprint density at radius 1 is 1.24 bits per heavy atom. The molecule has 0 saturated carbocycles. The summed E-state index contributed by atoms with van der Waals surface area (Å²) < 4.78 is 23.5. The molecule has 1 fully saturated rings. The molecule has 2 atom stereocenters. The van der Waals surface area contributed by atoms with Crippen LogP contribution in [0.25, 0.3) is 0 Å². The lowest BCUT2D eigenvalue weighted by Crippen LogP contribution is -2.39. The Hall–Kier alpha value is -1.56. The zero-order chi connectivity index (χ0) is 17.3. The van der Waals surface area contributed by atoms with Gasteiger partial charge in [-0.05, 0) is 49.7 Å². The molecule has 1 aliphatic carbocycles. The minimum absolute atomic E-state index is 0.364. The molecule has 0 N–H and O–H groups in total. The van der Waals surface area contributed by atoms with Crippen molar-refractivity contribution in [2.24, 2.45) is 11.8 Å². The van der Waals surface area contributed by atoms with E-state index in [-0.39, 0.29) is 0 Å². The molecule has 0 radical (unpaired) electrons. The van der Waals surface area contributed by atoms with Gasteiger partial charge in [0.05, 0.1) is 26.9 Å². The lowest BCUT2D eigenvalue weighted by atomic mass is 9.79. The summed E-state index contributed by atoms with van der Waals surface area (Å²) in [5, 5.41) is 0. The highest BCUT2D eigenvalue weighted by molar-refractivity contribution is 5.43. The number of hydrogen-bond acceptors (Lipinski definition) is 5. The van der Waals surface area contributed by atoms with E-state index in [1.807, 2.05) is 6.07 Å². The van der Waals surface area contributed by atoms with Crippen LogP contribution in [0.4, 0.5) is 0 Å². The number of hydrogen-bond donors (Lipinski definition) is 0. The predicted octanol–water partition coefficient (Wildman–Crippen LogP) is 2.84. The molecule has 5 heteroatoms. The third-order valence-electron chi connectivity index (χ3n) is 5.50. The lowest BCUT2D eigenvalue weighted by molar-refractivity contribution is -0.141. The number of fused-ring (bicyclic) bond motifs is 3. The number of benzene rings is 1. The Bertz CT molecular complexity index is 639. The van der Waals surface area contributed by atoms with E-state index in [0.717, 1.165) is 37.4 Å². The van der Waals surface area contributed by atoms with Crippen LogP contribution < -0.4 is 9.47 Å². The molecule has 4 rings (SSSR count). The molecule has 2 aliphatic heterocycles. The highest BCUT2D eigenvalue weighted by Crippen LogP contribution is 2.40. The molecular formula is C20H27NO4. The Kier molecular flexibility index (Phi) is 4.71. The average Bonchev–Trinajstić information content (AvgIpc) is 3.06. The predicted molar refractivity (Wildman–Crippen MR) is 94.8 cm³/mol. The molecule has 1 unspecified atom stereocenters. The fraction of sp³-hybridized carbons (Fsp3) is 0.600. The first-order chi connectivity index (χ1) is 12.2. The molecule has 1 aromatic rings. The van der Waals surface area contributed by atoms with Crippen molar-refractivity contribution < 1.29 is 18.9 Å². The largest absolute Gasteiger partial charge is 0.493 e. The summed E-state index contributed by atoms with van der Waals surface area (Å²) in [7, 11) is 3.86. The second kappa shape index (κ2) is 6.98.